The predicted molar refractivity (Wildman–Crippen MR) is 129 cm³/mol. The molecule has 0 spiro atoms. The lowest BCUT2D eigenvalue weighted by Gasteiger charge is -2.32. The van der Waals surface area contributed by atoms with Crippen LogP contribution in [0.5, 0.6) is 11.5 Å². The van der Waals surface area contributed by atoms with Crippen LogP contribution in [0.4, 0.5) is 5.69 Å². The molecule has 3 rings (SSSR count). The number of rotatable bonds is 9. The minimum absolute atomic E-state index is 0.0357. The summed E-state index contributed by atoms with van der Waals surface area (Å²) in [5.41, 5.74) is 1.00. The van der Waals surface area contributed by atoms with Crippen LogP contribution in [0, 0.1) is 0 Å². The second-order valence-corrected chi connectivity index (χ2v) is 10.6. The van der Waals surface area contributed by atoms with E-state index in [1.165, 1.54) is 11.0 Å². The monoisotopic (exact) mass is 509 g/mol. The van der Waals surface area contributed by atoms with Gasteiger partial charge in [0.2, 0.25) is 28.6 Å². The average Bonchev–Trinajstić information content (AvgIpc) is 3.23. The van der Waals surface area contributed by atoms with Crippen LogP contribution in [-0.2, 0) is 26.2 Å². The Balaban J connectivity index is 1.90. The van der Waals surface area contributed by atoms with E-state index >= 15 is 0 Å². The van der Waals surface area contributed by atoms with Crippen molar-refractivity contribution in [2.45, 2.75) is 39.4 Å². The quantitative estimate of drug-likeness (QED) is 0.557. The number of nitrogens with one attached hydrogen (secondary N) is 1. The number of carbonyl (C=O) groups excluding carboxylic acids is 2. The summed E-state index contributed by atoms with van der Waals surface area (Å²) in [5.74, 6) is 0.00363. The van der Waals surface area contributed by atoms with Crippen molar-refractivity contribution in [3.8, 4) is 11.5 Å². The van der Waals surface area contributed by atoms with Crippen molar-refractivity contribution in [3.63, 3.8) is 0 Å². The molecule has 1 heterocycles. The summed E-state index contributed by atoms with van der Waals surface area (Å²) >= 11 is 5.97. The Morgan fingerprint density at radius 1 is 1.06 bits per heavy atom. The number of hydrogen-bond acceptors (Lipinski definition) is 6. The highest BCUT2D eigenvalue weighted by Crippen LogP contribution is 2.36. The minimum Gasteiger partial charge on any atom is -0.454 e. The van der Waals surface area contributed by atoms with E-state index in [-0.39, 0.29) is 31.0 Å². The molecule has 34 heavy (non-hydrogen) atoms. The second kappa shape index (κ2) is 10.5. The number of anilines is 1. The zero-order valence-corrected chi connectivity index (χ0v) is 21.0. The predicted octanol–water partition coefficient (Wildman–Crippen LogP) is 2.78. The Bertz CT molecular complexity index is 1150. The summed E-state index contributed by atoms with van der Waals surface area (Å²) in [6, 6.07) is 10.6. The Hall–Kier alpha value is -2.98. The van der Waals surface area contributed by atoms with E-state index in [1.807, 2.05) is 13.8 Å². The molecule has 1 aliphatic heterocycles. The molecule has 184 valence electrons. The average molecular weight is 510 g/mol. The van der Waals surface area contributed by atoms with E-state index in [1.54, 1.807) is 43.3 Å². The van der Waals surface area contributed by atoms with E-state index < -0.39 is 28.5 Å². The van der Waals surface area contributed by atoms with Gasteiger partial charge in [-0.2, -0.15) is 0 Å². The summed E-state index contributed by atoms with van der Waals surface area (Å²) < 4.78 is 36.9. The molecule has 0 aliphatic carbocycles. The molecule has 11 heteroatoms. The molecule has 0 radical (unpaired) electrons. The van der Waals surface area contributed by atoms with Crippen LogP contribution in [0.15, 0.2) is 42.5 Å². The number of benzene rings is 2. The third-order valence-electron chi connectivity index (χ3n) is 5.19. The highest BCUT2D eigenvalue weighted by Gasteiger charge is 2.31. The molecule has 1 unspecified atom stereocenters. The first-order valence-corrected chi connectivity index (χ1v) is 12.9. The van der Waals surface area contributed by atoms with Crippen LogP contribution in [0.25, 0.3) is 0 Å². The second-order valence-electron chi connectivity index (χ2n) is 8.29. The normalized spacial score (nSPS) is 13.5. The van der Waals surface area contributed by atoms with Gasteiger partial charge in [-0.25, -0.2) is 8.42 Å². The third kappa shape index (κ3) is 6.32. The van der Waals surface area contributed by atoms with Gasteiger partial charge in [-0.05, 0) is 50.6 Å². The van der Waals surface area contributed by atoms with Crippen LogP contribution in [0.3, 0.4) is 0 Å². The van der Waals surface area contributed by atoms with E-state index in [9.17, 15) is 18.0 Å². The van der Waals surface area contributed by atoms with E-state index in [0.29, 0.717) is 16.5 Å². The van der Waals surface area contributed by atoms with Crippen molar-refractivity contribution in [3.05, 3.63) is 53.1 Å². The SMILES string of the molecule is CC(C)NC(=O)C(C)N(Cc1ccc(Cl)cc1)C(=O)CN(c1ccc2c(c1)OCO2)S(C)(=O)=O. The molecule has 0 saturated heterocycles. The fourth-order valence-corrected chi connectivity index (χ4v) is 4.40. The summed E-state index contributed by atoms with van der Waals surface area (Å²) in [5, 5.41) is 3.34. The van der Waals surface area contributed by atoms with Gasteiger partial charge >= 0.3 is 0 Å². The molecule has 2 aromatic carbocycles. The Kier molecular flexibility index (Phi) is 7.93. The standard InChI is InChI=1S/C23H28ClN3O6S/c1-15(2)25-23(29)16(3)26(12-17-5-7-18(24)8-6-17)22(28)13-27(34(4,30)31)19-9-10-20-21(11-19)33-14-32-20/h5-11,15-16H,12-14H2,1-4H3,(H,25,29). The minimum atomic E-state index is -3.84. The van der Waals surface area contributed by atoms with Gasteiger partial charge in [0, 0.05) is 23.7 Å². The lowest BCUT2D eigenvalue weighted by Crippen LogP contribution is -2.52. The topological polar surface area (TPSA) is 105 Å². The number of sulfonamides is 1. The highest BCUT2D eigenvalue weighted by atomic mass is 35.5. The maximum Gasteiger partial charge on any atom is 0.244 e. The first-order valence-electron chi connectivity index (χ1n) is 10.7. The van der Waals surface area contributed by atoms with Gasteiger partial charge < -0.3 is 19.7 Å². The van der Waals surface area contributed by atoms with Crippen LogP contribution in [0.1, 0.15) is 26.3 Å². The number of halogens is 1. The van der Waals surface area contributed by atoms with E-state index in [4.69, 9.17) is 21.1 Å². The first-order chi connectivity index (χ1) is 16.0. The van der Waals surface area contributed by atoms with Gasteiger partial charge in [-0.1, -0.05) is 23.7 Å². The first kappa shape index (κ1) is 25.6. The molecular weight excluding hydrogens is 482 g/mol. The molecule has 0 aromatic heterocycles. The van der Waals surface area contributed by atoms with Gasteiger partial charge in [0.05, 0.1) is 11.9 Å². The zero-order chi connectivity index (χ0) is 25.0. The fraction of sp³-hybridized carbons (Fsp3) is 0.391. The zero-order valence-electron chi connectivity index (χ0n) is 19.4. The smallest absolute Gasteiger partial charge is 0.244 e. The molecule has 0 bridgehead atoms. The molecule has 0 saturated carbocycles. The van der Waals surface area contributed by atoms with Crippen LogP contribution >= 0.6 is 11.6 Å². The molecule has 1 N–H and O–H groups in total. The van der Waals surface area contributed by atoms with Crippen molar-refractivity contribution in [2.75, 3.05) is 23.9 Å². The van der Waals surface area contributed by atoms with Crippen LogP contribution in [-0.4, -0.2) is 56.8 Å². The summed E-state index contributed by atoms with van der Waals surface area (Å²) in [7, 11) is -3.84. The largest absolute Gasteiger partial charge is 0.454 e. The molecule has 9 nitrogen and oxygen atoms in total. The molecule has 2 amide bonds. The molecule has 2 aromatic rings. The Labute approximate surface area is 204 Å². The van der Waals surface area contributed by atoms with Gasteiger partial charge in [0.25, 0.3) is 0 Å². The number of carbonyl (C=O) groups is 2. The maximum atomic E-state index is 13.5. The summed E-state index contributed by atoms with van der Waals surface area (Å²) in [6.07, 6.45) is 1.02. The number of hydrogen-bond donors (Lipinski definition) is 1. The number of ether oxygens (including phenoxy) is 2. The highest BCUT2D eigenvalue weighted by molar-refractivity contribution is 7.92. The Morgan fingerprint density at radius 2 is 1.71 bits per heavy atom. The maximum absolute atomic E-state index is 13.5. The molecule has 1 atom stereocenters. The van der Waals surface area contributed by atoms with Crippen LogP contribution < -0.4 is 19.1 Å². The van der Waals surface area contributed by atoms with Gasteiger partial charge in [-0.15, -0.1) is 0 Å². The summed E-state index contributed by atoms with van der Waals surface area (Å²) in [4.78, 5) is 27.6. The van der Waals surface area contributed by atoms with Gasteiger partial charge in [-0.3, -0.25) is 13.9 Å². The molecular formula is C23H28ClN3O6S. The van der Waals surface area contributed by atoms with Crippen molar-refractivity contribution in [2.24, 2.45) is 0 Å². The van der Waals surface area contributed by atoms with Gasteiger partial charge in [0.1, 0.15) is 12.6 Å². The third-order valence-corrected chi connectivity index (χ3v) is 6.58. The lowest BCUT2D eigenvalue weighted by molar-refractivity contribution is -0.139. The Morgan fingerprint density at radius 3 is 2.32 bits per heavy atom. The van der Waals surface area contributed by atoms with Crippen molar-refractivity contribution >= 4 is 39.1 Å². The van der Waals surface area contributed by atoms with Crippen molar-refractivity contribution in [1.29, 1.82) is 0 Å². The molecule has 1 aliphatic rings. The van der Waals surface area contributed by atoms with Crippen molar-refractivity contribution in [1.82, 2.24) is 10.2 Å². The van der Waals surface area contributed by atoms with Gasteiger partial charge in [0.15, 0.2) is 11.5 Å². The summed E-state index contributed by atoms with van der Waals surface area (Å²) in [6.45, 7) is 4.89. The molecule has 0 fully saturated rings. The van der Waals surface area contributed by atoms with E-state index in [2.05, 4.69) is 5.32 Å². The lowest BCUT2D eigenvalue weighted by atomic mass is 10.1. The van der Waals surface area contributed by atoms with Crippen LogP contribution in [0.2, 0.25) is 5.02 Å². The van der Waals surface area contributed by atoms with E-state index in [0.717, 1.165) is 16.1 Å². The number of nitrogens with zero attached hydrogens (tertiary/aromatic N) is 2. The number of fused-ring (bicyclic) bond motifs is 1. The van der Waals surface area contributed by atoms with Crippen molar-refractivity contribution < 1.29 is 27.5 Å². The fourth-order valence-electron chi connectivity index (χ4n) is 3.43. The number of amides is 2.